The van der Waals surface area contributed by atoms with Crippen LogP contribution < -0.4 is 5.32 Å². The van der Waals surface area contributed by atoms with Crippen LogP contribution in [0.5, 0.6) is 0 Å². The van der Waals surface area contributed by atoms with Crippen LogP contribution in [0, 0.1) is 11.3 Å². The van der Waals surface area contributed by atoms with Crippen molar-refractivity contribution in [3.8, 4) is 6.07 Å². The van der Waals surface area contributed by atoms with Crippen molar-refractivity contribution in [2.45, 2.75) is 38.4 Å². The number of nitriles is 1. The summed E-state index contributed by atoms with van der Waals surface area (Å²) >= 11 is 0. The van der Waals surface area contributed by atoms with Gasteiger partial charge in [-0.3, -0.25) is 4.79 Å². The van der Waals surface area contributed by atoms with E-state index in [1.54, 1.807) is 0 Å². The van der Waals surface area contributed by atoms with E-state index in [2.05, 4.69) is 18.3 Å². The molecule has 0 aliphatic carbocycles. The third-order valence-corrected chi connectivity index (χ3v) is 3.44. The van der Waals surface area contributed by atoms with Crippen molar-refractivity contribution < 1.29 is 4.79 Å². The summed E-state index contributed by atoms with van der Waals surface area (Å²) in [4.78, 5) is 14.3. The van der Waals surface area contributed by atoms with Crippen molar-refractivity contribution in [2.24, 2.45) is 0 Å². The summed E-state index contributed by atoms with van der Waals surface area (Å²) in [5.74, 6) is 0.0368. The molecule has 0 bridgehead atoms. The van der Waals surface area contributed by atoms with E-state index in [9.17, 15) is 4.79 Å². The van der Waals surface area contributed by atoms with Crippen LogP contribution in [0.1, 0.15) is 25.3 Å². The topological polar surface area (TPSA) is 56.1 Å². The van der Waals surface area contributed by atoms with Crippen LogP contribution in [0.15, 0.2) is 30.3 Å². The van der Waals surface area contributed by atoms with Gasteiger partial charge in [0.15, 0.2) is 0 Å². The minimum atomic E-state index is -0.369. The fourth-order valence-electron chi connectivity index (χ4n) is 2.38. The zero-order chi connectivity index (χ0) is 13.7. The highest BCUT2D eigenvalue weighted by Gasteiger charge is 2.28. The van der Waals surface area contributed by atoms with Gasteiger partial charge >= 0.3 is 0 Å². The first-order valence-electron chi connectivity index (χ1n) is 6.66. The van der Waals surface area contributed by atoms with Crippen LogP contribution in [-0.2, 0) is 11.3 Å². The zero-order valence-electron chi connectivity index (χ0n) is 11.2. The van der Waals surface area contributed by atoms with Crippen LogP contribution in [0.2, 0.25) is 0 Å². The minimum absolute atomic E-state index is 0.0368. The molecule has 0 saturated carbocycles. The Morgan fingerprint density at radius 3 is 2.84 bits per heavy atom. The van der Waals surface area contributed by atoms with E-state index in [0.29, 0.717) is 6.54 Å². The molecule has 19 heavy (non-hydrogen) atoms. The monoisotopic (exact) mass is 257 g/mol. The summed E-state index contributed by atoms with van der Waals surface area (Å²) in [6.45, 7) is 3.42. The van der Waals surface area contributed by atoms with E-state index in [-0.39, 0.29) is 24.4 Å². The Kier molecular flexibility index (Phi) is 4.53. The maximum absolute atomic E-state index is 12.4. The van der Waals surface area contributed by atoms with Gasteiger partial charge in [0.1, 0.15) is 6.04 Å². The van der Waals surface area contributed by atoms with Gasteiger partial charge in [0, 0.05) is 19.1 Å². The number of amides is 1. The third kappa shape index (κ3) is 3.55. The third-order valence-electron chi connectivity index (χ3n) is 3.44. The first kappa shape index (κ1) is 13.6. The highest BCUT2D eigenvalue weighted by atomic mass is 16.2. The molecule has 1 fully saturated rings. The van der Waals surface area contributed by atoms with Gasteiger partial charge in [0.25, 0.3) is 0 Å². The molecular weight excluding hydrogens is 238 g/mol. The molecule has 1 aromatic rings. The van der Waals surface area contributed by atoms with Crippen LogP contribution in [0.25, 0.3) is 0 Å². The average Bonchev–Trinajstić information content (AvgIpc) is 2.54. The maximum Gasteiger partial charge on any atom is 0.241 e. The first-order chi connectivity index (χ1) is 9.20. The van der Waals surface area contributed by atoms with Crippen molar-refractivity contribution in [3.05, 3.63) is 35.9 Å². The van der Waals surface area contributed by atoms with Gasteiger partial charge in [-0.05, 0) is 18.9 Å². The normalized spacial score (nSPS) is 23.8. The van der Waals surface area contributed by atoms with Crippen molar-refractivity contribution >= 4 is 5.91 Å². The lowest BCUT2D eigenvalue weighted by Crippen LogP contribution is -2.44. The highest BCUT2D eigenvalue weighted by molar-refractivity contribution is 5.82. The Morgan fingerprint density at radius 2 is 2.16 bits per heavy atom. The van der Waals surface area contributed by atoms with Gasteiger partial charge in [-0.1, -0.05) is 30.3 Å². The second-order valence-corrected chi connectivity index (χ2v) is 5.02. The number of nitrogens with zero attached hydrogens (tertiary/aromatic N) is 2. The van der Waals surface area contributed by atoms with Gasteiger partial charge in [-0.15, -0.1) is 0 Å². The summed E-state index contributed by atoms with van der Waals surface area (Å²) < 4.78 is 0. The molecule has 1 aromatic carbocycles. The number of hydrogen-bond donors (Lipinski definition) is 1. The summed E-state index contributed by atoms with van der Waals surface area (Å²) in [5, 5.41) is 12.1. The van der Waals surface area contributed by atoms with Crippen molar-refractivity contribution in [3.63, 3.8) is 0 Å². The molecular formula is C15H19N3O. The van der Waals surface area contributed by atoms with E-state index in [4.69, 9.17) is 5.26 Å². The molecule has 100 valence electrons. The quantitative estimate of drug-likeness (QED) is 0.896. The van der Waals surface area contributed by atoms with E-state index >= 15 is 0 Å². The van der Waals surface area contributed by atoms with Crippen LogP contribution in [-0.4, -0.2) is 29.4 Å². The Hall–Kier alpha value is -1.86. The summed E-state index contributed by atoms with van der Waals surface area (Å²) in [5.41, 5.74) is 1.13. The zero-order valence-corrected chi connectivity index (χ0v) is 11.2. The van der Waals surface area contributed by atoms with Crippen LogP contribution >= 0.6 is 0 Å². The number of rotatable bonds is 3. The predicted octanol–water partition coefficient (Wildman–Crippen LogP) is 1.68. The van der Waals surface area contributed by atoms with Gasteiger partial charge < -0.3 is 10.2 Å². The first-order valence-corrected chi connectivity index (χ1v) is 6.66. The summed E-state index contributed by atoms with van der Waals surface area (Å²) in [6, 6.07) is 12.0. The number of nitrogens with one attached hydrogen (secondary N) is 1. The van der Waals surface area contributed by atoms with Gasteiger partial charge in [-0.25, -0.2) is 0 Å². The maximum atomic E-state index is 12.4. The lowest BCUT2D eigenvalue weighted by Gasteiger charge is -2.23. The van der Waals surface area contributed by atoms with Gasteiger partial charge in [-0.2, -0.15) is 5.26 Å². The fourth-order valence-corrected chi connectivity index (χ4v) is 2.38. The Labute approximate surface area is 114 Å². The Morgan fingerprint density at radius 1 is 1.42 bits per heavy atom. The van der Waals surface area contributed by atoms with E-state index in [1.165, 1.54) is 0 Å². The van der Waals surface area contributed by atoms with Crippen LogP contribution in [0.4, 0.5) is 0 Å². The van der Waals surface area contributed by atoms with E-state index in [1.807, 2.05) is 35.2 Å². The van der Waals surface area contributed by atoms with E-state index < -0.39 is 0 Å². The molecule has 1 heterocycles. The molecule has 4 heteroatoms. The lowest BCUT2D eigenvalue weighted by atomic mass is 10.1. The van der Waals surface area contributed by atoms with Crippen molar-refractivity contribution in [1.29, 1.82) is 5.26 Å². The van der Waals surface area contributed by atoms with Crippen LogP contribution in [0.3, 0.4) is 0 Å². The lowest BCUT2D eigenvalue weighted by molar-refractivity contribution is -0.133. The Balaban J connectivity index is 2.10. The average molecular weight is 257 g/mol. The summed E-state index contributed by atoms with van der Waals surface area (Å²) in [6.07, 6.45) is 1.15. The number of hydrogen-bond acceptors (Lipinski definition) is 3. The molecule has 0 spiro atoms. The predicted molar refractivity (Wildman–Crippen MR) is 73.1 cm³/mol. The molecule has 1 aliphatic heterocycles. The molecule has 4 nitrogen and oxygen atoms in total. The number of benzene rings is 1. The smallest absolute Gasteiger partial charge is 0.241 e. The van der Waals surface area contributed by atoms with Crippen molar-refractivity contribution in [1.82, 2.24) is 10.2 Å². The Bertz CT molecular complexity index is 466. The minimum Gasteiger partial charge on any atom is -0.337 e. The standard InChI is InChI=1S/C15H19N3O/c1-12-8-10-18(11-13-5-3-2-4-6-13)15(19)14(17-12)7-9-16/h2-6,12,14,17H,7-8,10-11H2,1H3. The molecule has 2 unspecified atom stereocenters. The molecule has 1 saturated heterocycles. The number of carbonyl (C=O) groups is 1. The SMILES string of the molecule is CC1CCN(Cc2ccccc2)C(=O)C(CC#N)N1. The largest absolute Gasteiger partial charge is 0.337 e. The van der Waals surface area contributed by atoms with Crippen molar-refractivity contribution in [2.75, 3.05) is 6.54 Å². The molecule has 0 radical (unpaired) electrons. The number of carbonyl (C=O) groups excluding carboxylic acids is 1. The molecule has 1 aliphatic rings. The van der Waals surface area contributed by atoms with Gasteiger partial charge in [0.05, 0.1) is 12.5 Å². The molecule has 2 atom stereocenters. The highest BCUT2D eigenvalue weighted by Crippen LogP contribution is 2.13. The molecule has 1 amide bonds. The van der Waals surface area contributed by atoms with E-state index in [0.717, 1.165) is 18.5 Å². The molecule has 0 aromatic heterocycles. The second-order valence-electron chi connectivity index (χ2n) is 5.02. The fraction of sp³-hybridized carbons (Fsp3) is 0.467. The summed E-state index contributed by atoms with van der Waals surface area (Å²) in [7, 11) is 0. The second kappa shape index (κ2) is 6.35. The van der Waals surface area contributed by atoms with Gasteiger partial charge in [0.2, 0.25) is 5.91 Å². The molecule has 1 N–H and O–H groups in total. The molecule has 2 rings (SSSR count).